The maximum absolute atomic E-state index is 12.5. The summed E-state index contributed by atoms with van der Waals surface area (Å²) in [7, 11) is 2.29. The highest BCUT2D eigenvalue weighted by atomic mass is 16.5. The summed E-state index contributed by atoms with van der Waals surface area (Å²) in [5.41, 5.74) is -0.441. The van der Waals surface area contributed by atoms with Crippen LogP contribution in [-0.4, -0.2) is 56.7 Å². The number of esters is 4. The van der Waals surface area contributed by atoms with Gasteiger partial charge in [0.15, 0.2) is 0 Å². The molecule has 0 bridgehead atoms. The standard InChI is InChI=1S/C23H31NO9/c1-8-32-20(27)17(24-22(29)23(3,4)5)11-14-9-15(12-33-13(2)25)18(21(28)31-7)16(10-14)19(26)30-6/h9-10,17H,8,11-12H2,1-7H3,(H,24,29). The van der Waals surface area contributed by atoms with E-state index in [0.29, 0.717) is 5.56 Å². The fourth-order valence-corrected chi connectivity index (χ4v) is 2.84. The van der Waals surface area contributed by atoms with Crippen LogP contribution in [0, 0.1) is 5.41 Å². The van der Waals surface area contributed by atoms with Crippen molar-refractivity contribution in [2.24, 2.45) is 5.41 Å². The second-order valence-electron chi connectivity index (χ2n) is 8.17. The lowest BCUT2D eigenvalue weighted by molar-refractivity contribution is -0.148. The second-order valence-corrected chi connectivity index (χ2v) is 8.17. The van der Waals surface area contributed by atoms with E-state index in [2.05, 4.69) is 5.32 Å². The van der Waals surface area contributed by atoms with Crippen molar-refractivity contribution in [2.45, 2.75) is 53.7 Å². The normalized spacial score (nSPS) is 11.7. The first kappa shape index (κ1) is 27.6. The molecule has 33 heavy (non-hydrogen) atoms. The number of carbonyl (C=O) groups is 5. The Morgan fingerprint density at radius 2 is 1.58 bits per heavy atom. The van der Waals surface area contributed by atoms with Crippen LogP contribution in [0.2, 0.25) is 0 Å². The maximum Gasteiger partial charge on any atom is 0.339 e. The SMILES string of the molecule is CCOC(=O)C(Cc1cc(COC(C)=O)c(C(=O)OC)c(C(=O)OC)c1)NC(=O)C(C)(C)C. The van der Waals surface area contributed by atoms with Gasteiger partial charge < -0.3 is 24.3 Å². The van der Waals surface area contributed by atoms with Crippen molar-refractivity contribution < 1.29 is 42.9 Å². The molecule has 1 aromatic carbocycles. The van der Waals surface area contributed by atoms with Crippen LogP contribution >= 0.6 is 0 Å². The van der Waals surface area contributed by atoms with E-state index in [-0.39, 0.29) is 42.2 Å². The first-order chi connectivity index (χ1) is 15.3. The zero-order chi connectivity index (χ0) is 25.3. The molecule has 0 fully saturated rings. The van der Waals surface area contributed by atoms with Crippen LogP contribution in [0.5, 0.6) is 0 Å². The summed E-state index contributed by atoms with van der Waals surface area (Å²) < 4.78 is 19.7. The number of methoxy groups -OCH3 is 2. The van der Waals surface area contributed by atoms with Gasteiger partial charge in [-0.2, -0.15) is 0 Å². The first-order valence-electron chi connectivity index (χ1n) is 10.3. The highest BCUT2D eigenvalue weighted by Gasteiger charge is 2.30. The number of hydrogen-bond donors (Lipinski definition) is 1. The Kier molecular flexibility index (Phi) is 10.0. The second kappa shape index (κ2) is 12.0. The Hall–Kier alpha value is -3.43. The predicted octanol–water partition coefficient (Wildman–Crippen LogP) is 1.96. The van der Waals surface area contributed by atoms with Gasteiger partial charge in [-0.1, -0.05) is 26.8 Å². The molecule has 10 heteroatoms. The summed E-state index contributed by atoms with van der Waals surface area (Å²) in [6.45, 7) is 7.70. The van der Waals surface area contributed by atoms with Crippen molar-refractivity contribution >= 4 is 29.8 Å². The zero-order valence-electron chi connectivity index (χ0n) is 20.0. The Labute approximate surface area is 192 Å². The minimum Gasteiger partial charge on any atom is -0.465 e. The highest BCUT2D eigenvalue weighted by molar-refractivity contribution is 6.04. The molecule has 0 radical (unpaired) electrons. The van der Waals surface area contributed by atoms with Gasteiger partial charge in [0.25, 0.3) is 0 Å². The van der Waals surface area contributed by atoms with Crippen molar-refractivity contribution in [1.29, 1.82) is 0 Å². The summed E-state index contributed by atoms with van der Waals surface area (Å²) in [4.78, 5) is 61.2. The molecule has 1 amide bonds. The monoisotopic (exact) mass is 465 g/mol. The molecule has 0 aromatic heterocycles. The van der Waals surface area contributed by atoms with Gasteiger partial charge in [-0.3, -0.25) is 9.59 Å². The van der Waals surface area contributed by atoms with Crippen LogP contribution in [-0.2, 0) is 46.4 Å². The molecule has 1 aromatic rings. The van der Waals surface area contributed by atoms with E-state index in [1.807, 2.05) is 0 Å². The van der Waals surface area contributed by atoms with Gasteiger partial charge in [-0.15, -0.1) is 0 Å². The van der Waals surface area contributed by atoms with E-state index < -0.39 is 35.3 Å². The molecule has 0 aliphatic carbocycles. The third kappa shape index (κ3) is 7.89. The molecule has 1 unspecified atom stereocenters. The van der Waals surface area contributed by atoms with Gasteiger partial charge in [0.1, 0.15) is 12.6 Å². The van der Waals surface area contributed by atoms with Crippen molar-refractivity contribution in [1.82, 2.24) is 5.32 Å². The smallest absolute Gasteiger partial charge is 0.339 e. The average molecular weight is 465 g/mol. The average Bonchev–Trinajstić information content (AvgIpc) is 2.75. The number of ether oxygens (including phenoxy) is 4. The summed E-state index contributed by atoms with van der Waals surface area (Å²) in [5.74, 6) is -3.29. The molecule has 1 atom stereocenters. The molecule has 1 rings (SSSR count). The van der Waals surface area contributed by atoms with E-state index in [9.17, 15) is 24.0 Å². The summed E-state index contributed by atoms with van der Waals surface area (Å²) in [6, 6.07) is 1.80. The van der Waals surface area contributed by atoms with E-state index >= 15 is 0 Å². The van der Waals surface area contributed by atoms with Crippen molar-refractivity contribution in [2.75, 3.05) is 20.8 Å². The summed E-state index contributed by atoms with van der Waals surface area (Å²) in [5, 5.41) is 2.66. The van der Waals surface area contributed by atoms with Crippen LogP contribution in [0.25, 0.3) is 0 Å². The lowest BCUT2D eigenvalue weighted by Crippen LogP contribution is -2.47. The van der Waals surface area contributed by atoms with Crippen LogP contribution in [0.3, 0.4) is 0 Å². The molecule has 0 spiro atoms. The molecule has 0 heterocycles. The highest BCUT2D eigenvalue weighted by Crippen LogP contribution is 2.23. The van der Waals surface area contributed by atoms with Crippen LogP contribution in [0.1, 0.15) is 66.5 Å². The Bertz CT molecular complexity index is 915. The van der Waals surface area contributed by atoms with Crippen molar-refractivity contribution in [3.05, 3.63) is 34.4 Å². The van der Waals surface area contributed by atoms with Gasteiger partial charge in [-0.25, -0.2) is 14.4 Å². The number of nitrogens with one attached hydrogen (secondary N) is 1. The molecular formula is C23H31NO9. The minimum atomic E-state index is -1.06. The summed E-state index contributed by atoms with van der Waals surface area (Å²) in [6.07, 6.45) is -0.0564. The number of benzene rings is 1. The molecule has 1 N–H and O–H groups in total. The number of hydrogen-bond acceptors (Lipinski definition) is 9. The van der Waals surface area contributed by atoms with Gasteiger partial charge >= 0.3 is 23.9 Å². The van der Waals surface area contributed by atoms with Gasteiger partial charge in [0, 0.05) is 24.3 Å². The van der Waals surface area contributed by atoms with E-state index in [0.717, 1.165) is 14.2 Å². The molecule has 0 saturated carbocycles. The lowest BCUT2D eigenvalue weighted by Gasteiger charge is -2.24. The quantitative estimate of drug-likeness (QED) is 0.429. The van der Waals surface area contributed by atoms with Gasteiger partial charge in [-0.05, 0) is 18.6 Å². The fourth-order valence-electron chi connectivity index (χ4n) is 2.84. The van der Waals surface area contributed by atoms with Crippen molar-refractivity contribution in [3.63, 3.8) is 0 Å². The van der Waals surface area contributed by atoms with E-state index in [1.165, 1.54) is 19.1 Å². The third-order valence-corrected chi connectivity index (χ3v) is 4.50. The lowest BCUT2D eigenvalue weighted by atomic mass is 9.92. The van der Waals surface area contributed by atoms with E-state index in [1.54, 1.807) is 27.7 Å². The van der Waals surface area contributed by atoms with Crippen LogP contribution in [0.4, 0.5) is 0 Å². The predicted molar refractivity (Wildman–Crippen MR) is 116 cm³/mol. The Morgan fingerprint density at radius 3 is 2.06 bits per heavy atom. The first-order valence-corrected chi connectivity index (χ1v) is 10.3. The molecule has 0 saturated heterocycles. The fraction of sp³-hybridized carbons (Fsp3) is 0.522. The zero-order valence-corrected chi connectivity index (χ0v) is 20.0. The molecule has 0 aliphatic heterocycles. The maximum atomic E-state index is 12.5. The third-order valence-electron chi connectivity index (χ3n) is 4.50. The number of amides is 1. The number of rotatable bonds is 9. The largest absolute Gasteiger partial charge is 0.465 e. The number of carbonyl (C=O) groups excluding carboxylic acids is 5. The molecule has 0 aliphatic rings. The Morgan fingerprint density at radius 1 is 0.970 bits per heavy atom. The van der Waals surface area contributed by atoms with Gasteiger partial charge in [0.2, 0.25) is 5.91 Å². The molecular weight excluding hydrogens is 434 g/mol. The topological polar surface area (TPSA) is 134 Å². The van der Waals surface area contributed by atoms with E-state index in [4.69, 9.17) is 18.9 Å². The van der Waals surface area contributed by atoms with Crippen LogP contribution in [0.15, 0.2) is 12.1 Å². The Balaban J connectivity index is 3.56. The summed E-state index contributed by atoms with van der Waals surface area (Å²) >= 11 is 0. The van der Waals surface area contributed by atoms with Crippen LogP contribution < -0.4 is 5.32 Å². The van der Waals surface area contributed by atoms with Gasteiger partial charge in [0.05, 0.1) is 32.0 Å². The molecule has 10 nitrogen and oxygen atoms in total. The van der Waals surface area contributed by atoms with Crippen molar-refractivity contribution in [3.8, 4) is 0 Å². The minimum absolute atomic E-state index is 0.0564. The molecule has 182 valence electrons.